The van der Waals surface area contributed by atoms with Gasteiger partial charge in [0.25, 0.3) is 0 Å². The van der Waals surface area contributed by atoms with Crippen LogP contribution in [-0.4, -0.2) is 10.2 Å². The van der Waals surface area contributed by atoms with Gasteiger partial charge in [-0.1, -0.05) is 23.7 Å². The summed E-state index contributed by atoms with van der Waals surface area (Å²) in [6.07, 6.45) is 15.3. The minimum atomic E-state index is 0.206. The molecule has 2 aromatic rings. The van der Waals surface area contributed by atoms with E-state index in [0.717, 1.165) is 84.7 Å². The summed E-state index contributed by atoms with van der Waals surface area (Å²) in [6.45, 7) is 3.50. The first-order chi connectivity index (χ1) is 17.7. The summed E-state index contributed by atoms with van der Waals surface area (Å²) in [5.41, 5.74) is 7.79. The van der Waals surface area contributed by atoms with Crippen LogP contribution in [0.4, 0.5) is 0 Å². The van der Waals surface area contributed by atoms with Gasteiger partial charge in [-0.3, -0.25) is 0 Å². The Kier molecular flexibility index (Phi) is 8.25. The fourth-order valence-corrected chi connectivity index (χ4v) is 5.17. The number of benzene rings is 2. The number of aryl methyl sites for hydroxylation is 2. The summed E-state index contributed by atoms with van der Waals surface area (Å²) < 4.78 is 0. The van der Waals surface area contributed by atoms with Crippen LogP contribution in [0, 0.1) is 47.4 Å². The zero-order chi connectivity index (χ0) is 25.3. The molecule has 0 atom stereocenters. The van der Waals surface area contributed by atoms with Crippen LogP contribution in [0.5, 0.6) is 11.5 Å². The van der Waals surface area contributed by atoms with Gasteiger partial charge in [-0.25, -0.2) is 0 Å². The van der Waals surface area contributed by atoms with Gasteiger partial charge in [-0.05, 0) is 148 Å². The molecule has 0 saturated heterocycles. The van der Waals surface area contributed by atoms with E-state index in [4.69, 9.17) is 0 Å². The third-order valence-electron chi connectivity index (χ3n) is 6.77. The van der Waals surface area contributed by atoms with E-state index in [9.17, 15) is 10.2 Å². The van der Waals surface area contributed by atoms with Crippen LogP contribution in [-0.2, 0) is 25.7 Å². The molecule has 2 heteroatoms. The van der Waals surface area contributed by atoms with Crippen LogP contribution >= 0.6 is 0 Å². The van der Waals surface area contributed by atoms with Crippen molar-refractivity contribution >= 4 is 12.2 Å². The molecular weight excluding hydrogens is 440 g/mol. The second-order valence-corrected chi connectivity index (χ2v) is 9.02. The van der Waals surface area contributed by atoms with Crippen molar-refractivity contribution in [1.82, 2.24) is 0 Å². The average molecular weight is 471 g/mol. The van der Waals surface area contributed by atoms with Gasteiger partial charge >= 0.3 is 0 Å². The van der Waals surface area contributed by atoms with E-state index in [0.29, 0.717) is 0 Å². The molecule has 0 unspecified atom stereocenters. The number of aromatic hydroxyl groups is 2. The Morgan fingerprint density at radius 1 is 0.611 bits per heavy atom. The Balaban J connectivity index is 1.95. The molecule has 2 N–H and O–H groups in total. The molecule has 2 aliphatic rings. The lowest BCUT2D eigenvalue weighted by atomic mass is 9.78. The van der Waals surface area contributed by atoms with Gasteiger partial charge in [0.2, 0.25) is 0 Å². The maximum atomic E-state index is 11.6. The van der Waals surface area contributed by atoms with Gasteiger partial charge in [-0.15, -0.1) is 0 Å². The number of rotatable bonds is 3. The summed E-state index contributed by atoms with van der Waals surface area (Å²) in [5, 5.41) is 23.2. The summed E-state index contributed by atoms with van der Waals surface area (Å²) in [6, 6.07) is 4.16. The number of phenolic OH excluding ortho intramolecular Hbond substituents is 2. The van der Waals surface area contributed by atoms with Crippen molar-refractivity contribution in [3.05, 3.63) is 57.7 Å². The van der Waals surface area contributed by atoms with E-state index in [1.54, 1.807) is 26.0 Å². The zero-order valence-electron chi connectivity index (χ0n) is 21.0. The summed E-state index contributed by atoms with van der Waals surface area (Å²) in [7, 11) is 0. The second kappa shape index (κ2) is 11.9. The second-order valence-electron chi connectivity index (χ2n) is 9.02. The largest absolute Gasteiger partial charge is 0.507 e. The van der Waals surface area contributed by atoms with E-state index in [2.05, 4.69) is 59.5 Å². The van der Waals surface area contributed by atoms with Gasteiger partial charge in [0, 0.05) is 22.3 Å². The molecule has 0 aliphatic heterocycles. The van der Waals surface area contributed by atoms with Crippen molar-refractivity contribution in [2.24, 2.45) is 0 Å². The van der Waals surface area contributed by atoms with Gasteiger partial charge in [0.15, 0.2) is 0 Å². The lowest BCUT2D eigenvalue weighted by molar-refractivity contribution is 0.465. The maximum Gasteiger partial charge on any atom is 0.131 e. The van der Waals surface area contributed by atoms with Crippen LogP contribution in [0.25, 0.3) is 23.3 Å². The summed E-state index contributed by atoms with van der Waals surface area (Å²) in [4.78, 5) is 0. The van der Waals surface area contributed by atoms with E-state index >= 15 is 0 Å². The van der Waals surface area contributed by atoms with Gasteiger partial charge < -0.3 is 10.2 Å². The summed E-state index contributed by atoms with van der Waals surface area (Å²) in [5.74, 6) is 22.8. The maximum absolute atomic E-state index is 11.6. The number of phenols is 2. The van der Waals surface area contributed by atoms with Crippen molar-refractivity contribution in [3.8, 4) is 70.0 Å². The minimum absolute atomic E-state index is 0.206. The molecule has 0 heterocycles. The Morgan fingerprint density at radius 3 is 1.44 bits per heavy atom. The van der Waals surface area contributed by atoms with Crippen LogP contribution < -0.4 is 0 Å². The zero-order valence-corrected chi connectivity index (χ0v) is 21.0. The predicted octanol–water partition coefficient (Wildman–Crippen LogP) is 6.60. The quantitative estimate of drug-likeness (QED) is 0.496. The van der Waals surface area contributed by atoms with Crippen LogP contribution in [0.3, 0.4) is 0 Å². The van der Waals surface area contributed by atoms with Gasteiger partial charge in [-0.2, -0.15) is 0 Å². The van der Waals surface area contributed by atoms with Crippen molar-refractivity contribution in [1.29, 1.82) is 0 Å². The molecule has 0 spiro atoms. The number of hydrogen-bond acceptors (Lipinski definition) is 2. The Hall–Kier alpha value is -4.24. The first kappa shape index (κ1) is 24.9. The van der Waals surface area contributed by atoms with Crippen molar-refractivity contribution < 1.29 is 10.2 Å². The van der Waals surface area contributed by atoms with E-state index in [-0.39, 0.29) is 11.5 Å². The molecule has 0 saturated carbocycles. The highest BCUT2D eigenvalue weighted by Crippen LogP contribution is 2.49. The minimum Gasteiger partial charge on any atom is -0.507 e. The normalized spacial score (nSPS) is 13.7. The molecule has 4 rings (SSSR count). The molecule has 2 aromatic carbocycles. The van der Waals surface area contributed by atoms with Gasteiger partial charge in [0.1, 0.15) is 11.5 Å². The third-order valence-corrected chi connectivity index (χ3v) is 6.77. The van der Waals surface area contributed by atoms with E-state index in [1.165, 1.54) is 11.1 Å². The van der Waals surface area contributed by atoms with E-state index in [1.807, 2.05) is 12.2 Å². The lowest BCUT2D eigenvalue weighted by Gasteiger charge is -2.27. The fourth-order valence-electron chi connectivity index (χ4n) is 5.17. The first-order valence-corrected chi connectivity index (χ1v) is 12.6. The molecule has 0 fully saturated rings. The molecule has 0 amide bonds. The molecule has 0 bridgehead atoms. The van der Waals surface area contributed by atoms with Crippen LogP contribution in [0.1, 0.15) is 72.9 Å². The smallest absolute Gasteiger partial charge is 0.131 e. The van der Waals surface area contributed by atoms with E-state index < -0.39 is 0 Å². The Labute approximate surface area is 215 Å². The average Bonchev–Trinajstić information content (AvgIpc) is 2.90. The highest BCUT2D eigenvalue weighted by Gasteiger charge is 2.27. The SMILES string of the molecule is CC#CC#C/C=C/c1cc2c(c(-c3c(O)c(/C=C/C#CC#CC)cc4c3CCCC4)c1O)CCCC2. The van der Waals surface area contributed by atoms with Crippen molar-refractivity contribution in [2.45, 2.75) is 65.2 Å². The molecule has 2 aliphatic carbocycles. The standard InChI is InChI=1S/C34H30O2/c1-3-5-7-9-11-19-27-23-25-17-13-15-21-29(25)31(33(27)35)32-30-22-16-14-18-26(30)24-28(34(32)36)20-12-10-8-6-4-2/h11-12,19-20,23-24,35-36H,13-18,21-22H2,1-2H3/b19-11+,20-12+. The number of hydrogen-bond donors (Lipinski definition) is 2. The van der Waals surface area contributed by atoms with Crippen LogP contribution in [0.2, 0.25) is 0 Å². The summed E-state index contributed by atoms with van der Waals surface area (Å²) >= 11 is 0. The Bertz CT molecular complexity index is 1370. The highest BCUT2D eigenvalue weighted by atomic mass is 16.3. The molecule has 0 aromatic heterocycles. The van der Waals surface area contributed by atoms with Crippen molar-refractivity contribution in [2.75, 3.05) is 0 Å². The topological polar surface area (TPSA) is 40.5 Å². The first-order valence-electron chi connectivity index (χ1n) is 12.6. The van der Waals surface area contributed by atoms with Gasteiger partial charge in [0.05, 0.1) is 0 Å². The molecule has 36 heavy (non-hydrogen) atoms. The molecule has 2 nitrogen and oxygen atoms in total. The number of allylic oxidation sites excluding steroid dienone is 2. The van der Waals surface area contributed by atoms with Crippen LogP contribution in [0.15, 0.2) is 24.3 Å². The molecular formula is C34H30O2. The number of fused-ring (bicyclic) bond motifs is 2. The molecule has 0 radical (unpaired) electrons. The molecule has 178 valence electrons. The fraction of sp³-hybridized carbons (Fsp3) is 0.294. The predicted molar refractivity (Wildman–Crippen MR) is 149 cm³/mol. The Morgan fingerprint density at radius 2 is 1.03 bits per heavy atom. The highest BCUT2D eigenvalue weighted by molar-refractivity contribution is 5.89. The third kappa shape index (κ3) is 5.36. The monoisotopic (exact) mass is 470 g/mol. The van der Waals surface area contributed by atoms with Crippen molar-refractivity contribution in [3.63, 3.8) is 0 Å². The lowest BCUT2D eigenvalue weighted by Crippen LogP contribution is -2.10.